The largest absolute Gasteiger partial charge is 0.481 e. The Morgan fingerprint density at radius 2 is 1.63 bits per heavy atom. The number of fused-ring (bicyclic) bond motifs is 3. The molecule has 35 heavy (non-hydrogen) atoms. The SMILES string of the molecule is CC(CN(C)C(=O)c1ccc(NC(=O)OCC2c3ccccc3-c3ccccc32)c(Cl)c1)C(=O)O. The predicted molar refractivity (Wildman–Crippen MR) is 134 cm³/mol. The van der Waals surface area contributed by atoms with Gasteiger partial charge in [-0.15, -0.1) is 0 Å². The van der Waals surface area contributed by atoms with Crippen molar-refractivity contribution in [3.05, 3.63) is 88.4 Å². The average Bonchev–Trinajstić information content (AvgIpc) is 3.17. The van der Waals surface area contributed by atoms with E-state index in [0.29, 0.717) is 5.69 Å². The van der Waals surface area contributed by atoms with E-state index in [4.69, 9.17) is 21.4 Å². The summed E-state index contributed by atoms with van der Waals surface area (Å²) in [5.74, 6) is -2.11. The smallest absolute Gasteiger partial charge is 0.411 e. The van der Waals surface area contributed by atoms with Gasteiger partial charge in [-0.2, -0.15) is 0 Å². The fraction of sp³-hybridized carbons (Fsp3) is 0.222. The molecule has 180 valence electrons. The van der Waals surface area contributed by atoms with Crippen LogP contribution in [0.2, 0.25) is 5.02 Å². The maximum atomic E-state index is 12.6. The predicted octanol–water partition coefficient (Wildman–Crippen LogP) is 5.49. The molecule has 0 saturated heterocycles. The Hall–Kier alpha value is -3.84. The highest BCUT2D eigenvalue weighted by Crippen LogP contribution is 2.44. The number of nitrogens with zero attached hydrogens (tertiary/aromatic N) is 1. The second-order valence-electron chi connectivity index (χ2n) is 8.57. The summed E-state index contributed by atoms with van der Waals surface area (Å²) in [4.78, 5) is 37.5. The van der Waals surface area contributed by atoms with Crippen molar-refractivity contribution >= 4 is 35.3 Å². The summed E-state index contributed by atoms with van der Waals surface area (Å²) < 4.78 is 5.54. The average molecular weight is 493 g/mol. The summed E-state index contributed by atoms with van der Waals surface area (Å²) in [6.45, 7) is 1.76. The second-order valence-corrected chi connectivity index (χ2v) is 8.98. The normalized spacial score (nSPS) is 12.9. The third-order valence-electron chi connectivity index (χ3n) is 6.11. The first kappa shape index (κ1) is 24.3. The standard InChI is InChI=1S/C27H25ClN2O5/c1-16(26(32)33)14-30(2)25(31)17-11-12-24(23(28)13-17)29-27(34)35-15-22-20-9-5-3-7-18(20)19-8-4-6-10-21(19)22/h3-13,16,22H,14-15H2,1-2H3,(H,29,34)(H,32,33). The lowest BCUT2D eigenvalue weighted by Gasteiger charge is -2.20. The number of ether oxygens (including phenoxy) is 1. The molecular weight excluding hydrogens is 468 g/mol. The molecule has 1 unspecified atom stereocenters. The first-order valence-electron chi connectivity index (χ1n) is 11.2. The van der Waals surface area contributed by atoms with Crippen molar-refractivity contribution in [2.45, 2.75) is 12.8 Å². The van der Waals surface area contributed by atoms with Crippen molar-refractivity contribution in [2.24, 2.45) is 5.92 Å². The Kier molecular flexibility index (Phi) is 7.07. The minimum atomic E-state index is -0.981. The Labute approximate surface area is 208 Å². The van der Waals surface area contributed by atoms with Gasteiger partial charge in [0.1, 0.15) is 6.61 Å². The molecule has 0 heterocycles. The lowest BCUT2D eigenvalue weighted by molar-refractivity contribution is -0.141. The first-order valence-corrected chi connectivity index (χ1v) is 11.5. The van der Waals surface area contributed by atoms with Crippen molar-refractivity contribution < 1.29 is 24.2 Å². The van der Waals surface area contributed by atoms with Crippen molar-refractivity contribution in [1.82, 2.24) is 4.90 Å². The molecule has 0 radical (unpaired) electrons. The highest BCUT2D eigenvalue weighted by atomic mass is 35.5. The maximum Gasteiger partial charge on any atom is 0.411 e. The minimum absolute atomic E-state index is 0.0610. The Morgan fingerprint density at radius 1 is 1.03 bits per heavy atom. The summed E-state index contributed by atoms with van der Waals surface area (Å²) in [7, 11) is 1.53. The molecule has 3 aromatic carbocycles. The summed E-state index contributed by atoms with van der Waals surface area (Å²) >= 11 is 6.30. The molecule has 1 atom stereocenters. The topological polar surface area (TPSA) is 95.9 Å². The number of hydrogen-bond acceptors (Lipinski definition) is 4. The van der Waals surface area contributed by atoms with Crippen LogP contribution in [0.4, 0.5) is 10.5 Å². The molecule has 0 bridgehead atoms. The number of benzene rings is 3. The van der Waals surface area contributed by atoms with E-state index in [1.54, 1.807) is 0 Å². The van der Waals surface area contributed by atoms with Crippen molar-refractivity contribution in [2.75, 3.05) is 25.5 Å². The van der Waals surface area contributed by atoms with Crippen LogP contribution in [0.1, 0.15) is 34.3 Å². The Morgan fingerprint density at radius 3 is 2.20 bits per heavy atom. The highest BCUT2D eigenvalue weighted by Gasteiger charge is 2.29. The van der Waals surface area contributed by atoms with E-state index in [1.807, 2.05) is 36.4 Å². The molecule has 0 spiro atoms. The fourth-order valence-corrected chi connectivity index (χ4v) is 4.51. The maximum absolute atomic E-state index is 12.6. The molecule has 0 fully saturated rings. The summed E-state index contributed by atoms with van der Waals surface area (Å²) in [6, 6.07) is 20.6. The number of carboxylic acids is 1. The number of hydrogen-bond donors (Lipinski definition) is 2. The van der Waals surface area contributed by atoms with Gasteiger partial charge in [-0.3, -0.25) is 14.9 Å². The van der Waals surface area contributed by atoms with Gasteiger partial charge >= 0.3 is 12.1 Å². The minimum Gasteiger partial charge on any atom is -0.481 e. The van der Waals surface area contributed by atoms with Gasteiger partial charge < -0.3 is 14.7 Å². The van der Waals surface area contributed by atoms with E-state index in [9.17, 15) is 14.4 Å². The number of carboxylic acid groups (broad SMARTS) is 1. The molecule has 1 aliphatic rings. The molecule has 0 aromatic heterocycles. The van der Waals surface area contributed by atoms with Crippen LogP contribution in [0.5, 0.6) is 0 Å². The van der Waals surface area contributed by atoms with Crippen LogP contribution in [0, 0.1) is 5.92 Å². The third-order valence-corrected chi connectivity index (χ3v) is 6.43. The number of halogens is 1. The second kappa shape index (κ2) is 10.2. The molecule has 2 amide bonds. The van der Waals surface area contributed by atoms with Gasteiger partial charge in [-0.25, -0.2) is 4.79 Å². The summed E-state index contributed by atoms with van der Waals surface area (Å²) in [5, 5.41) is 11.8. The van der Waals surface area contributed by atoms with E-state index in [2.05, 4.69) is 17.4 Å². The number of carbonyl (C=O) groups excluding carboxylic acids is 2. The van der Waals surface area contributed by atoms with Gasteiger partial charge in [-0.05, 0) is 40.5 Å². The number of anilines is 1. The highest BCUT2D eigenvalue weighted by molar-refractivity contribution is 6.34. The quantitative estimate of drug-likeness (QED) is 0.454. The van der Waals surface area contributed by atoms with Gasteiger partial charge in [0.2, 0.25) is 0 Å². The van der Waals surface area contributed by atoms with Crippen LogP contribution in [-0.4, -0.2) is 48.2 Å². The molecule has 2 N–H and O–H groups in total. The summed E-state index contributed by atoms with van der Waals surface area (Å²) in [5.41, 5.74) is 5.11. The summed E-state index contributed by atoms with van der Waals surface area (Å²) in [6.07, 6.45) is -0.653. The van der Waals surface area contributed by atoms with E-state index in [1.165, 1.54) is 37.1 Å². The first-order chi connectivity index (χ1) is 16.8. The number of amides is 2. The molecule has 3 aromatic rings. The fourth-order valence-electron chi connectivity index (χ4n) is 4.29. The van der Waals surface area contributed by atoms with Gasteiger partial charge in [0, 0.05) is 25.1 Å². The lowest BCUT2D eigenvalue weighted by Crippen LogP contribution is -2.33. The molecular formula is C27H25ClN2O5. The van der Waals surface area contributed by atoms with Crippen LogP contribution in [0.3, 0.4) is 0 Å². The third kappa shape index (κ3) is 5.15. The van der Waals surface area contributed by atoms with Gasteiger partial charge in [-0.1, -0.05) is 67.1 Å². The molecule has 7 nitrogen and oxygen atoms in total. The molecule has 1 aliphatic carbocycles. The van der Waals surface area contributed by atoms with Gasteiger partial charge in [0.05, 0.1) is 16.6 Å². The Bertz CT molecular complexity index is 1250. The van der Waals surface area contributed by atoms with E-state index < -0.39 is 18.0 Å². The van der Waals surface area contributed by atoms with Crippen LogP contribution >= 0.6 is 11.6 Å². The lowest BCUT2D eigenvalue weighted by atomic mass is 9.98. The monoisotopic (exact) mass is 492 g/mol. The van der Waals surface area contributed by atoms with Crippen LogP contribution < -0.4 is 5.32 Å². The van der Waals surface area contributed by atoms with E-state index in [0.717, 1.165) is 22.3 Å². The molecule has 8 heteroatoms. The van der Waals surface area contributed by atoms with Crippen LogP contribution in [-0.2, 0) is 9.53 Å². The van der Waals surface area contributed by atoms with Crippen molar-refractivity contribution in [3.8, 4) is 11.1 Å². The molecule has 4 rings (SSSR count). The molecule has 0 aliphatic heterocycles. The zero-order valence-corrected chi connectivity index (χ0v) is 20.1. The van der Waals surface area contributed by atoms with Gasteiger partial charge in [0.15, 0.2) is 0 Å². The number of rotatable bonds is 7. The van der Waals surface area contributed by atoms with Crippen LogP contribution in [0.25, 0.3) is 11.1 Å². The van der Waals surface area contributed by atoms with Gasteiger partial charge in [0.25, 0.3) is 5.91 Å². The number of aliphatic carboxylic acids is 1. The zero-order chi connectivity index (χ0) is 25.1. The number of carbonyl (C=O) groups is 3. The number of nitrogens with one attached hydrogen (secondary N) is 1. The van der Waals surface area contributed by atoms with Crippen LogP contribution in [0.15, 0.2) is 66.7 Å². The van der Waals surface area contributed by atoms with E-state index in [-0.39, 0.29) is 35.6 Å². The zero-order valence-electron chi connectivity index (χ0n) is 19.3. The molecule has 0 saturated carbocycles. The van der Waals surface area contributed by atoms with Crippen molar-refractivity contribution in [1.29, 1.82) is 0 Å². The van der Waals surface area contributed by atoms with Crippen molar-refractivity contribution in [3.63, 3.8) is 0 Å². The Balaban J connectivity index is 1.39. The van der Waals surface area contributed by atoms with E-state index >= 15 is 0 Å².